The third-order valence-corrected chi connectivity index (χ3v) is 13.4. The summed E-state index contributed by atoms with van der Waals surface area (Å²) in [6, 6.07) is 89.4. The number of para-hydroxylation sites is 2. The van der Waals surface area contributed by atoms with Gasteiger partial charge in [0.15, 0.2) is 5.82 Å². The van der Waals surface area contributed by atoms with Gasteiger partial charge in [-0.25, -0.2) is 9.97 Å². The molecular weight excluding hydrogens is 811 g/mol. The molecule has 3 heteroatoms. The zero-order valence-corrected chi connectivity index (χ0v) is 36.5. The Morgan fingerprint density at radius 1 is 0.284 bits per heavy atom. The van der Waals surface area contributed by atoms with Gasteiger partial charge in [0, 0.05) is 33.2 Å². The number of rotatable bonds is 7. The van der Waals surface area contributed by atoms with Crippen LogP contribution >= 0.6 is 0 Å². The lowest BCUT2D eigenvalue weighted by Gasteiger charge is -2.19. The minimum atomic E-state index is 0.687. The summed E-state index contributed by atoms with van der Waals surface area (Å²) in [5, 5.41) is 9.92. The van der Waals surface area contributed by atoms with Gasteiger partial charge in [0.2, 0.25) is 0 Å². The van der Waals surface area contributed by atoms with E-state index in [4.69, 9.17) is 9.97 Å². The van der Waals surface area contributed by atoms with Gasteiger partial charge in [-0.3, -0.25) is 0 Å². The quantitative estimate of drug-likeness (QED) is 0.118. The van der Waals surface area contributed by atoms with Crippen LogP contribution in [-0.4, -0.2) is 14.5 Å². The number of benzene rings is 11. The zero-order valence-electron chi connectivity index (χ0n) is 36.5. The lowest BCUT2D eigenvalue weighted by Crippen LogP contribution is -1.97. The number of hydrogen-bond donors (Lipinski definition) is 0. The average Bonchev–Trinajstić information content (AvgIpc) is 3.74. The van der Waals surface area contributed by atoms with Gasteiger partial charge >= 0.3 is 0 Å². The van der Waals surface area contributed by atoms with Crippen molar-refractivity contribution in [3.63, 3.8) is 0 Å². The molecule has 2 aromatic heterocycles. The third kappa shape index (κ3) is 6.51. The Kier molecular flexibility index (Phi) is 9.17. The van der Waals surface area contributed by atoms with E-state index in [0.717, 1.165) is 56.0 Å². The first kappa shape index (κ1) is 38.5. The van der Waals surface area contributed by atoms with Crippen molar-refractivity contribution in [2.75, 3.05) is 0 Å². The molecular formula is C64H41N3. The van der Waals surface area contributed by atoms with Crippen LogP contribution in [0, 0.1) is 0 Å². The molecule has 0 radical (unpaired) electrons. The molecule has 0 fully saturated rings. The van der Waals surface area contributed by atoms with Crippen LogP contribution in [0.25, 0.3) is 127 Å². The summed E-state index contributed by atoms with van der Waals surface area (Å²) >= 11 is 0. The highest BCUT2D eigenvalue weighted by molar-refractivity contribution is 6.28. The van der Waals surface area contributed by atoms with Crippen LogP contribution < -0.4 is 0 Å². The van der Waals surface area contributed by atoms with Gasteiger partial charge < -0.3 is 4.57 Å². The predicted molar refractivity (Wildman–Crippen MR) is 282 cm³/mol. The lowest BCUT2D eigenvalue weighted by atomic mass is 9.84. The highest BCUT2D eigenvalue weighted by Gasteiger charge is 2.20. The molecule has 0 atom stereocenters. The van der Waals surface area contributed by atoms with Gasteiger partial charge in [0.1, 0.15) is 0 Å². The average molecular weight is 852 g/mol. The molecule has 13 rings (SSSR count). The summed E-state index contributed by atoms with van der Waals surface area (Å²) in [5.41, 5.74) is 15.4. The lowest BCUT2D eigenvalue weighted by molar-refractivity contribution is 1.18. The largest absolute Gasteiger partial charge is 0.309 e. The van der Waals surface area contributed by atoms with Crippen molar-refractivity contribution in [2.45, 2.75) is 0 Å². The fourth-order valence-electron chi connectivity index (χ4n) is 10.4. The van der Waals surface area contributed by atoms with E-state index in [1.165, 1.54) is 65.3 Å². The fourth-order valence-corrected chi connectivity index (χ4v) is 10.4. The summed E-state index contributed by atoms with van der Waals surface area (Å²) in [6.45, 7) is 0. The van der Waals surface area contributed by atoms with Crippen LogP contribution in [0.15, 0.2) is 249 Å². The predicted octanol–water partition coefficient (Wildman–Crippen LogP) is 17.0. The molecule has 2 heterocycles. The van der Waals surface area contributed by atoms with Gasteiger partial charge in [-0.1, -0.05) is 218 Å². The summed E-state index contributed by atoms with van der Waals surface area (Å²) in [5.74, 6) is 0.687. The van der Waals surface area contributed by atoms with Crippen molar-refractivity contribution in [1.82, 2.24) is 14.5 Å². The van der Waals surface area contributed by atoms with Crippen LogP contribution in [0.3, 0.4) is 0 Å². The van der Waals surface area contributed by atoms with Crippen LogP contribution in [0.1, 0.15) is 0 Å². The van der Waals surface area contributed by atoms with Crippen LogP contribution in [0.2, 0.25) is 0 Å². The van der Waals surface area contributed by atoms with E-state index in [9.17, 15) is 0 Å². The van der Waals surface area contributed by atoms with Crippen LogP contribution in [0.5, 0.6) is 0 Å². The molecule has 0 spiro atoms. The number of fused-ring (bicyclic) bond motifs is 7. The summed E-state index contributed by atoms with van der Waals surface area (Å²) in [7, 11) is 0. The van der Waals surface area contributed by atoms with Crippen molar-refractivity contribution in [1.29, 1.82) is 0 Å². The van der Waals surface area contributed by atoms with Crippen molar-refractivity contribution >= 4 is 54.1 Å². The maximum Gasteiger partial charge on any atom is 0.160 e. The molecule has 11 aromatic carbocycles. The first-order valence-corrected chi connectivity index (χ1v) is 22.9. The molecule has 312 valence electrons. The summed E-state index contributed by atoms with van der Waals surface area (Å²) < 4.78 is 2.38. The van der Waals surface area contributed by atoms with E-state index >= 15 is 0 Å². The maximum atomic E-state index is 5.32. The van der Waals surface area contributed by atoms with Crippen molar-refractivity contribution in [3.05, 3.63) is 249 Å². The van der Waals surface area contributed by atoms with Crippen LogP contribution in [-0.2, 0) is 0 Å². The van der Waals surface area contributed by atoms with Gasteiger partial charge in [0.25, 0.3) is 0 Å². The zero-order chi connectivity index (χ0) is 44.3. The first-order valence-electron chi connectivity index (χ1n) is 22.9. The number of aromatic nitrogens is 3. The van der Waals surface area contributed by atoms with E-state index in [0.29, 0.717) is 5.82 Å². The molecule has 0 saturated carbocycles. The van der Waals surface area contributed by atoms with E-state index in [1.807, 2.05) is 6.07 Å². The van der Waals surface area contributed by atoms with Crippen molar-refractivity contribution in [3.8, 4) is 73.0 Å². The molecule has 13 aromatic rings. The Morgan fingerprint density at radius 2 is 0.806 bits per heavy atom. The van der Waals surface area contributed by atoms with Gasteiger partial charge in [0.05, 0.1) is 22.4 Å². The third-order valence-electron chi connectivity index (χ3n) is 13.4. The summed E-state index contributed by atoms with van der Waals surface area (Å²) in [6.07, 6.45) is 0. The topological polar surface area (TPSA) is 30.7 Å². The highest BCUT2D eigenvalue weighted by Crippen LogP contribution is 2.47. The van der Waals surface area contributed by atoms with Gasteiger partial charge in [-0.2, -0.15) is 0 Å². The standard InChI is InChI=1S/C64H41N3/c1-4-19-44(20-5-1)62-55-30-15-14-29-54(55)61(56-39-36-42-18-10-11-26-50(42)63(56)62)45-34-32-43(33-35-45)57-41-58(66-64(65-57)46-21-6-2-7-22-46)51-27-13-12-25-49(51)47-37-38-53-52-28-16-17-31-59(52)67(60(53)40-47)48-23-8-3-9-24-48/h1-41H. The number of nitrogens with zero attached hydrogens (tertiary/aromatic N) is 3. The molecule has 0 N–H and O–H groups in total. The maximum absolute atomic E-state index is 5.32. The second-order valence-electron chi connectivity index (χ2n) is 17.2. The fraction of sp³-hybridized carbons (Fsp3) is 0. The highest BCUT2D eigenvalue weighted by atomic mass is 15.0. The second-order valence-corrected chi connectivity index (χ2v) is 17.2. The number of hydrogen-bond acceptors (Lipinski definition) is 2. The Bertz CT molecular complexity index is 4000. The van der Waals surface area contributed by atoms with Gasteiger partial charge in [-0.15, -0.1) is 0 Å². The molecule has 0 saturated heterocycles. The molecule has 67 heavy (non-hydrogen) atoms. The first-order chi connectivity index (χ1) is 33.2. The Morgan fingerprint density at radius 3 is 1.57 bits per heavy atom. The second kappa shape index (κ2) is 16.0. The summed E-state index contributed by atoms with van der Waals surface area (Å²) in [4.78, 5) is 10.6. The molecule has 0 aliphatic rings. The smallest absolute Gasteiger partial charge is 0.160 e. The van der Waals surface area contributed by atoms with Crippen molar-refractivity contribution < 1.29 is 0 Å². The molecule has 0 bridgehead atoms. The monoisotopic (exact) mass is 851 g/mol. The SMILES string of the molecule is c1ccc(-c2nc(-c3ccc(-c4c5ccccc5c(-c5ccccc5)c5c4ccc4ccccc45)cc3)cc(-c3ccccc3-c3ccc4c5ccccc5n(-c5ccccc5)c4c3)n2)cc1. The minimum absolute atomic E-state index is 0.687. The van der Waals surface area contributed by atoms with Crippen LogP contribution in [0.4, 0.5) is 0 Å². The minimum Gasteiger partial charge on any atom is -0.309 e. The normalized spacial score (nSPS) is 11.6. The Labute approximate surface area is 388 Å². The van der Waals surface area contributed by atoms with Gasteiger partial charge in [-0.05, 0) is 96.0 Å². The van der Waals surface area contributed by atoms with Crippen molar-refractivity contribution in [2.24, 2.45) is 0 Å². The molecule has 0 unspecified atom stereocenters. The Hall–Kier alpha value is -8.92. The Balaban J connectivity index is 0.973. The van der Waals surface area contributed by atoms with E-state index in [-0.39, 0.29) is 0 Å². The van der Waals surface area contributed by atoms with E-state index in [1.54, 1.807) is 0 Å². The molecule has 0 aliphatic heterocycles. The molecule has 0 amide bonds. The van der Waals surface area contributed by atoms with E-state index < -0.39 is 0 Å². The molecule has 0 aliphatic carbocycles. The van der Waals surface area contributed by atoms with E-state index in [2.05, 4.69) is 247 Å². The molecule has 3 nitrogen and oxygen atoms in total.